The molecule has 0 heterocycles. The molecule has 3 aromatic rings. The number of methoxy groups -OCH3 is 1. The lowest BCUT2D eigenvalue weighted by molar-refractivity contribution is 0.102. The van der Waals surface area contributed by atoms with Gasteiger partial charge in [0.15, 0.2) is 0 Å². The van der Waals surface area contributed by atoms with Crippen LogP contribution in [0.3, 0.4) is 0 Å². The number of anilines is 2. The van der Waals surface area contributed by atoms with Crippen LogP contribution in [0.15, 0.2) is 77.7 Å². The molecule has 0 unspecified atom stereocenters. The summed E-state index contributed by atoms with van der Waals surface area (Å²) in [6.45, 7) is 0. The zero-order chi connectivity index (χ0) is 20.1. The Bertz CT molecular complexity index is 1080. The Kier molecular flexibility index (Phi) is 5.87. The highest BCUT2D eigenvalue weighted by molar-refractivity contribution is 7.92. The molecular weight excluding hydrogens is 400 g/mol. The van der Waals surface area contributed by atoms with E-state index in [0.717, 1.165) is 0 Å². The Hall–Kier alpha value is -3.03. The molecule has 3 rings (SSSR count). The van der Waals surface area contributed by atoms with Gasteiger partial charge in [0, 0.05) is 16.9 Å². The molecule has 3 aromatic carbocycles. The second-order valence-electron chi connectivity index (χ2n) is 5.80. The van der Waals surface area contributed by atoms with E-state index in [1.54, 1.807) is 36.4 Å². The molecular formula is C20H17ClN2O4S. The van der Waals surface area contributed by atoms with Gasteiger partial charge in [-0.15, -0.1) is 0 Å². The summed E-state index contributed by atoms with van der Waals surface area (Å²) in [5.74, 6) is 0.161. The Morgan fingerprint density at radius 3 is 2.18 bits per heavy atom. The van der Waals surface area contributed by atoms with Gasteiger partial charge in [-0.25, -0.2) is 8.42 Å². The van der Waals surface area contributed by atoms with Crippen molar-refractivity contribution in [2.75, 3.05) is 17.1 Å². The third-order valence-corrected chi connectivity index (χ3v) is 5.56. The van der Waals surface area contributed by atoms with E-state index in [4.69, 9.17) is 16.3 Å². The van der Waals surface area contributed by atoms with Crippen LogP contribution in [0.5, 0.6) is 5.75 Å². The van der Waals surface area contributed by atoms with Crippen molar-refractivity contribution in [2.24, 2.45) is 0 Å². The molecule has 144 valence electrons. The summed E-state index contributed by atoms with van der Waals surface area (Å²) < 4.78 is 32.2. The van der Waals surface area contributed by atoms with Crippen LogP contribution in [0.1, 0.15) is 10.4 Å². The highest BCUT2D eigenvalue weighted by atomic mass is 35.5. The van der Waals surface area contributed by atoms with Gasteiger partial charge in [-0.05, 0) is 54.6 Å². The average Bonchev–Trinajstić information content (AvgIpc) is 2.69. The van der Waals surface area contributed by atoms with E-state index >= 15 is 0 Å². The van der Waals surface area contributed by atoms with Gasteiger partial charge >= 0.3 is 0 Å². The van der Waals surface area contributed by atoms with E-state index in [0.29, 0.717) is 27.7 Å². The fourth-order valence-electron chi connectivity index (χ4n) is 2.45. The number of halogens is 1. The summed E-state index contributed by atoms with van der Waals surface area (Å²) in [4.78, 5) is 12.5. The van der Waals surface area contributed by atoms with Crippen molar-refractivity contribution in [1.29, 1.82) is 0 Å². The van der Waals surface area contributed by atoms with Gasteiger partial charge in [0.05, 0.1) is 17.0 Å². The second kappa shape index (κ2) is 8.33. The van der Waals surface area contributed by atoms with Crippen LogP contribution in [0.2, 0.25) is 5.02 Å². The number of hydrogen-bond acceptors (Lipinski definition) is 4. The molecule has 0 aromatic heterocycles. The van der Waals surface area contributed by atoms with Gasteiger partial charge in [0.2, 0.25) is 0 Å². The minimum Gasteiger partial charge on any atom is -0.495 e. The molecule has 0 aliphatic rings. The fraction of sp³-hybridized carbons (Fsp3) is 0.0500. The molecule has 0 radical (unpaired) electrons. The van der Waals surface area contributed by atoms with Gasteiger partial charge < -0.3 is 10.1 Å². The molecule has 0 spiro atoms. The molecule has 0 saturated carbocycles. The molecule has 0 aliphatic carbocycles. The Labute approximate surface area is 168 Å². The molecule has 0 bridgehead atoms. The molecule has 0 saturated heterocycles. The number of carbonyl (C=O) groups excluding carboxylic acids is 1. The van der Waals surface area contributed by atoms with Crippen LogP contribution in [0, 0.1) is 0 Å². The van der Waals surface area contributed by atoms with Gasteiger partial charge in [-0.1, -0.05) is 29.8 Å². The average molecular weight is 417 g/mol. The van der Waals surface area contributed by atoms with Crippen molar-refractivity contribution in [3.8, 4) is 5.75 Å². The standard InChI is InChI=1S/C20H17ClN2O4S/c1-27-19-12-11-16(13-18(19)21)22-20(24)14-7-9-15(10-8-14)23-28(25,26)17-5-3-2-4-6-17/h2-13,23H,1H3,(H,22,24). The molecule has 0 aliphatic heterocycles. The molecule has 28 heavy (non-hydrogen) atoms. The number of rotatable bonds is 6. The third-order valence-electron chi connectivity index (χ3n) is 3.86. The summed E-state index contributed by atoms with van der Waals surface area (Å²) in [6, 6.07) is 19.1. The molecule has 0 atom stereocenters. The van der Waals surface area contributed by atoms with Crippen LogP contribution in [-0.2, 0) is 10.0 Å². The SMILES string of the molecule is COc1ccc(NC(=O)c2ccc(NS(=O)(=O)c3ccccc3)cc2)cc1Cl. The monoisotopic (exact) mass is 416 g/mol. The number of benzene rings is 3. The summed E-state index contributed by atoms with van der Waals surface area (Å²) in [5, 5.41) is 3.11. The molecule has 2 N–H and O–H groups in total. The topological polar surface area (TPSA) is 84.5 Å². The van der Waals surface area contributed by atoms with E-state index in [-0.39, 0.29) is 10.8 Å². The Balaban J connectivity index is 1.70. The van der Waals surface area contributed by atoms with E-state index in [2.05, 4.69) is 10.0 Å². The van der Waals surface area contributed by atoms with Crippen molar-refractivity contribution in [2.45, 2.75) is 4.90 Å². The van der Waals surface area contributed by atoms with E-state index < -0.39 is 10.0 Å². The van der Waals surface area contributed by atoms with Crippen molar-refractivity contribution < 1.29 is 17.9 Å². The number of ether oxygens (including phenoxy) is 1. The Morgan fingerprint density at radius 1 is 0.929 bits per heavy atom. The van der Waals surface area contributed by atoms with Gasteiger partial charge in [0.25, 0.3) is 15.9 Å². The minimum absolute atomic E-state index is 0.160. The van der Waals surface area contributed by atoms with Crippen LogP contribution in [-0.4, -0.2) is 21.4 Å². The third kappa shape index (κ3) is 4.62. The first kappa shape index (κ1) is 19.7. The van der Waals surface area contributed by atoms with Crippen molar-refractivity contribution in [1.82, 2.24) is 0 Å². The zero-order valence-corrected chi connectivity index (χ0v) is 16.4. The smallest absolute Gasteiger partial charge is 0.261 e. The van der Waals surface area contributed by atoms with E-state index in [9.17, 15) is 13.2 Å². The first-order valence-electron chi connectivity index (χ1n) is 8.22. The predicted octanol–water partition coefficient (Wildman–Crippen LogP) is 4.40. The van der Waals surface area contributed by atoms with Gasteiger partial charge in [-0.2, -0.15) is 0 Å². The molecule has 8 heteroatoms. The first-order chi connectivity index (χ1) is 13.4. The highest BCUT2D eigenvalue weighted by Gasteiger charge is 2.14. The first-order valence-corrected chi connectivity index (χ1v) is 10.1. The van der Waals surface area contributed by atoms with Crippen LogP contribution in [0.4, 0.5) is 11.4 Å². The van der Waals surface area contributed by atoms with Crippen molar-refractivity contribution >= 4 is 38.9 Å². The van der Waals surface area contributed by atoms with Crippen LogP contribution < -0.4 is 14.8 Å². The van der Waals surface area contributed by atoms with Crippen LogP contribution in [0.25, 0.3) is 0 Å². The lowest BCUT2D eigenvalue weighted by Crippen LogP contribution is -2.14. The number of sulfonamides is 1. The van der Waals surface area contributed by atoms with E-state index in [1.165, 1.54) is 43.5 Å². The molecule has 0 fully saturated rings. The van der Waals surface area contributed by atoms with Crippen molar-refractivity contribution in [3.05, 3.63) is 83.4 Å². The largest absolute Gasteiger partial charge is 0.495 e. The fourth-order valence-corrected chi connectivity index (χ4v) is 3.79. The second-order valence-corrected chi connectivity index (χ2v) is 7.89. The lowest BCUT2D eigenvalue weighted by atomic mass is 10.2. The maximum absolute atomic E-state index is 12.4. The number of amides is 1. The van der Waals surface area contributed by atoms with Gasteiger partial charge in [0.1, 0.15) is 5.75 Å². The highest BCUT2D eigenvalue weighted by Crippen LogP contribution is 2.27. The Morgan fingerprint density at radius 2 is 1.57 bits per heavy atom. The van der Waals surface area contributed by atoms with Crippen molar-refractivity contribution in [3.63, 3.8) is 0 Å². The normalized spacial score (nSPS) is 10.9. The maximum Gasteiger partial charge on any atom is 0.261 e. The summed E-state index contributed by atoms with van der Waals surface area (Å²) in [7, 11) is -2.18. The summed E-state index contributed by atoms with van der Waals surface area (Å²) >= 11 is 6.05. The zero-order valence-electron chi connectivity index (χ0n) is 14.8. The number of hydrogen-bond donors (Lipinski definition) is 2. The minimum atomic E-state index is -3.68. The quantitative estimate of drug-likeness (QED) is 0.623. The van der Waals surface area contributed by atoms with Crippen LogP contribution >= 0.6 is 11.6 Å². The van der Waals surface area contributed by atoms with E-state index in [1.807, 2.05) is 0 Å². The molecule has 1 amide bonds. The maximum atomic E-state index is 12.4. The number of carbonyl (C=O) groups is 1. The molecule has 6 nitrogen and oxygen atoms in total. The van der Waals surface area contributed by atoms with Gasteiger partial charge in [-0.3, -0.25) is 9.52 Å². The lowest BCUT2D eigenvalue weighted by Gasteiger charge is -2.10. The summed E-state index contributed by atoms with van der Waals surface area (Å²) in [5.41, 5.74) is 1.24. The summed E-state index contributed by atoms with van der Waals surface area (Å²) in [6.07, 6.45) is 0. The predicted molar refractivity (Wildman–Crippen MR) is 110 cm³/mol. The number of nitrogens with one attached hydrogen (secondary N) is 2.